The molecular weight excluding hydrogens is 444 g/mol. The number of nitrogens with zero attached hydrogens (tertiary/aromatic N) is 1. The number of carbonyl (C=O) groups excluding carboxylic acids is 2. The van der Waals surface area contributed by atoms with Gasteiger partial charge < -0.3 is 24.7 Å². The van der Waals surface area contributed by atoms with Crippen LogP contribution < -0.4 is 15.2 Å². The molecule has 0 aliphatic rings. The predicted octanol–water partition coefficient (Wildman–Crippen LogP) is 4.30. The van der Waals surface area contributed by atoms with Crippen LogP contribution in [0.5, 0.6) is 11.5 Å². The number of esters is 2. The van der Waals surface area contributed by atoms with E-state index in [0.717, 1.165) is 0 Å². The minimum Gasteiger partial charge on any atom is -0.482 e. The van der Waals surface area contributed by atoms with Crippen molar-refractivity contribution < 1.29 is 33.5 Å². The Hall–Kier alpha value is -3.82. The molecule has 2 rings (SSSR count). The fourth-order valence-electron chi connectivity index (χ4n) is 2.25. The summed E-state index contributed by atoms with van der Waals surface area (Å²) in [5.74, 6) is 0.108. The average Bonchev–Trinajstić information content (AvgIpc) is 2.70. The molecule has 0 saturated carbocycles. The van der Waals surface area contributed by atoms with E-state index in [-0.39, 0.29) is 24.9 Å². The largest absolute Gasteiger partial charge is 0.482 e. The maximum atomic E-state index is 11.4. The third-order valence-corrected chi connectivity index (χ3v) is 3.48. The van der Waals surface area contributed by atoms with E-state index >= 15 is 0 Å². The molecular formula is C24H32N2O8. The molecule has 0 fully saturated rings. The zero-order chi connectivity index (χ0) is 25.9. The minimum absolute atomic E-state index is 0.0281. The molecule has 0 aliphatic carbocycles. The van der Waals surface area contributed by atoms with Gasteiger partial charge in [0.2, 0.25) is 0 Å². The van der Waals surface area contributed by atoms with Gasteiger partial charge >= 0.3 is 11.9 Å². The second-order valence-electron chi connectivity index (χ2n) is 9.07. The number of anilines is 1. The molecule has 10 heteroatoms. The quantitative estimate of drug-likeness (QED) is 0.268. The van der Waals surface area contributed by atoms with E-state index in [2.05, 4.69) is 0 Å². The fourth-order valence-corrected chi connectivity index (χ4v) is 2.25. The second kappa shape index (κ2) is 12.4. The molecule has 0 heterocycles. The molecule has 10 nitrogen and oxygen atoms in total. The lowest BCUT2D eigenvalue weighted by molar-refractivity contribution is -0.384. The summed E-state index contributed by atoms with van der Waals surface area (Å²) in [7, 11) is 0. The molecule has 0 aromatic heterocycles. The SMILES string of the molecule is CC(C)(C)OC(=O)COc1ccc(N)cc1.CC(C)(C)OC(=O)COc1ccc([N+](=O)[O-])cc1. The van der Waals surface area contributed by atoms with Crippen molar-refractivity contribution in [2.45, 2.75) is 52.7 Å². The van der Waals surface area contributed by atoms with Crippen LogP contribution in [0.1, 0.15) is 41.5 Å². The van der Waals surface area contributed by atoms with Crippen LogP contribution in [0.25, 0.3) is 0 Å². The van der Waals surface area contributed by atoms with Crippen LogP contribution in [-0.2, 0) is 19.1 Å². The van der Waals surface area contributed by atoms with Gasteiger partial charge in [-0.15, -0.1) is 0 Å². The summed E-state index contributed by atoms with van der Waals surface area (Å²) in [5.41, 5.74) is 5.10. The first-order valence-corrected chi connectivity index (χ1v) is 10.4. The van der Waals surface area contributed by atoms with Crippen molar-refractivity contribution in [3.05, 3.63) is 58.6 Å². The van der Waals surface area contributed by atoms with Gasteiger partial charge in [0.1, 0.15) is 22.7 Å². The maximum absolute atomic E-state index is 11.4. The Morgan fingerprint density at radius 1 is 0.765 bits per heavy atom. The average molecular weight is 477 g/mol. The summed E-state index contributed by atoms with van der Waals surface area (Å²) < 4.78 is 20.5. The summed E-state index contributed by atoms with van der Waals surface area (Å²) in [4.78, 5) is 32.6. The predicted molar refractivity (Wildman–Crippen MR) is 127 cm³/mol. The fraction of sp³-hybridized carbons (Fsp3) is 0.417. The Kier molecular flexibility index (Phi) is 10.3. The smallest absolute Gasteiger partial charge is 0.344 e. The zero-order valence-electron chi connectivity index (χ0n) is 20.3. The van der Waals surface area contributed by atoms with Gasteiger partial charge in [-0.3, -0.25) is 10.1 Å². The third kappa shape index (κ3) is 12.9. The number of hydrogen-bond donors (Lipinski definition) is 1. The van der Waals surface area contributed by atoms with E-state index in [4.69, 9.17) is 24.7 Å². The Labute approximate surface area is 199 Å². The number of rotatable bonds is 7. The van der Waals surface area contributed by atoms with Crippen molar-refractivity contribution in [1.29, 1.82) is 0 Å². The molecule has 34 heavy (non-hydrogen) atoms. The summed E-state index contributed by atoms with van der Waals surface area (Å²) in [6.07, 6.45) is 0. The first-order valence-electron chi connectivity index (χ1n) is 10.4. The van der Waals surface area contributed by atoms with Crippen molar-refractivity contribution in [3.8, 4) is 11.5 Å². The van der Waals surface area contributed by atoms with E-state index in [1.807, 2.05) is 20.8 Å². The number of nitro groups is 1. The van der Waals surface area contributed by atoms with Gasteiger partial charge in [0.05, 0.1) is 4.92 Å². The normalized spacial score (nSPS) is 10.9. The number of non-ortho nitro benzene ring substituents is 1. The first kappa shape index (κ1) is 28.2. The van der Waals surface area contributed by atoms with Crippen molar-refractivity contribution in [2.75, 3.05) is 18.9 Å². The number of carbonyl (C=O) groups is 2. The Morgan fingerprint density at radius 3 is 1.44 bits per heavy atom. The molecule has 2 aromatic carbocycles. The number of nitrogen functional groups attached to an aromatic ring is 1. The van der Waals surface area contributed by atoms with E-state index in [9.17, 15) is 19.7 Å². The molecule has 0 bridgehead atoms. The van der Waals surface area contributed by atoms with E-state index in [0.29, 0.717) is 17.2 Å². The van der Waals surface area contributed by atoms with Crippen molar-refractivity contribution in [3.63, 3.8) is 0 Å². The van der Waals surface area contributed by atoms with Crippen LogP contribution in [0, 0.1) is 10.1 Å². The highest BCUT2D eigenvalue weighted by Gasteiger charge is 2.17. The van der Waals surface area contributed by atoms with Crippen LogP contribution in [-0.4, -0.2) is 41.3 Å². The van der Waals surface area contributed by atoms with Gasteiger partial charge in [-0.2, -0.15) is 0 Å². The Bertz CT molecular complexity index is 943. The molecule has 0 amide bonds. The molecule has 0 atom stereocenters. The summed E-state index contributed by atoms with van der Waals surface area (Å²) >= 11 is 0. The van der Waals surface area contributed by atoms with Gasteiger partial charge in [-0.1, -0.05) is 0 Å². The molecule has 0 spiro atoms. The molecule has 0 unspecified atom stereocenters. The van der Waals surface area contributed by atoms with Gasteiger partial charge in [0.15, 0.2) is 13.2 Å². The minimum atomic E-state index is -0.560. The first-order chi connectivity index (χ1) is 15.6. The molecule has 186 valence electrons. The van der Waals surface area contributed by atoms with Gasteiger partial charge in [-0.05, 0) is 77.9 Å². The summed E-state index contributed by atoms with van der Waals surface area (Å²) in [6.45, 7) is 10.4. The van der Waals surface area contributed by atoms with Crippen molar-refractivity contribution >= 4 is 23.3 Å². The highest BCUT2D eigenvalue weighted by atomic mass is 16.6. The van der Waals surface area contributed by atoms with Gasteiger partial charge in [0.25, 0.3) is 5.69 Å². The molecule has 0 saturated heterocycles. The number of benzene rings is 2. The summed E-state index contributed by atoms with van der Waals surface area (Å²) in [6, 6.07) is 12.3. The van der Waals surface area contributed by atoms with E-state index in [1.165, 1.54) is 24.3 Å². The lowest BCUT2D eigenvalue weighted by atomic mass is 10.2. The standard InChI is InChI=1S/C12H15NO5.C12H17NO3/c1-12(2,3)18-11(14)8-17-10-6-4-9(5-7-10)13(15)16;1-12(2,3)16-11(14)8-15-10-6-4-9(13)5-7-10/h4-7H,8H2,1-3H3;4-7H,8,13H2,1-3H3. The van der Waals surface area contributed by atoms with Gasteiger partial charge in [-0.25, -0.2) is 9.59 Å². The lowest BCUT2D eigenvalue weighted by Gasteiger charge is -2.19. The van der Waals surface area contributed by atoms with Crippen LogP contribution in [0.2, 0.25) is 0 Å². The third-order valence-electron chi connectivity index (χ3n) is 3.48. The number of ether oxygens (including phenoxy) is 4. The number of hydrogen-bond acceptors (Lipinski definition) is 9. The van der Waals surface area contributed by atoms with Crippen LogP contribution in [0.15, 0.2) is 48.5 Å². The number of nitro benzene ring substituents is 1. The lowest BCUT2D eigenvalue weighted by Crippen LogP contribution is -2.27. The van der Waals surface area contributed by atoms with Crippen molar-refractivity contribution in [1.82, 2.24) is 0 Å². The highest BCUT2D eigenvalue weighted by Crippen LogP contribution is 2.17. The zero-order valence-corrected chi connectivity index (χ0v) is 20.3. The maximum Gasteiger partial charge on any atom is 0.344 e. The second-order valence-corrected chi connectivity index (χ2v) is 9.07. The molecule has 0 radical (unpaired) electrons. The van der Waals surface area contributed by atoms with Crippen LogP contribution in [0.3, 0.4) is 0 Å². The van der Waals surface area contributed by atoms with E-state index in [1.54, 1.807) is 45.0 Å². The van der Waals surface area contributed by atoms with Crippen LogP contribution in [0.4, 0.5) is 11.4 Å². The molecule has 0 aliphatic heterocycles. The van der Waals surface area contributed by atoms with E-state index < -0.39 is 22.1 Å². The topological polar surface area (TPSA) is 140 Å². The summed E-state index contributed by atoms with van der Waals surface area (Å²) in [5, 5.41) is 10.4. The number of nitrogens with two attached hydrogens (primary N) is 1. The Morgan fingerprint density at radius 2 is 1.12 bits per heavy atom. The Balaban J connectivity index is 0.000000342. The molecule has 2 aromatic rings. The van der Waals surface area contributed by atoms with Gasteiger partial charge in [0, 0.05) is 17.8 Å². The monoisotopic (exact) mass is 476 g/mol. The van der Waals surface area contributed by atoms with Crippen LogP contribution >= 0.6 is 0 Å². The highest BCUT2D eigenvalue weighted by molar-refractivity contribution is 5.72. The van der Waals surface area contributed by atoms with Crippen molar-refractivity contribution in [2.24, 2.45) is 0 Å². The molecule has 2 N–H and O–H groups in total.